The third kappa shape index (κ3) is 5.73. The predicted octanol–water partition coefficient (Wildman–Crippen LogP) is 2.85. The number of carbonyl (C=O) groups is 2. The van der Waals surface area contributed by atoms with Crippen molar-refractivity contribution in [2.24, 2.45) is 5.92 Å². The Morgan fingerprint density at radius 1 is 1.12 bits per heavy atom. The Kier molecular flexibility index (Phi) is 7.16. The Morgan fingerprint density at radius 2 is 1.82 bits per heavy atom. The van der Waals surface area contributed by atoms with E-state index in [1.165, 1.54) is 11.8 Å². The highest BCUT2D eigenvalue weighted by atomic mass is 32.2. The van der Waals surface area contributed by atoms with E-state index < -0.39 is 0 Å². The van der Waals surface area contributed by atoms with Crippen LogP contribution in [-0.2, 0) is 11.3 Å². The molecule has 0 radical (unpaired) electrons. The zero-order valence-electron chi connectivity index (χ0n) is 20.2. The number of aromatic nitrogens is 4. The van der Waals surface area contributed by atoms with E-state index in [1.54, 1.807) is 27.2 Å². The summed E-state index contributed by atoms with van der Waals surface area (Å²) < 4.78 is 3.37. The van der Waals surface area contributed by atoms with Gasteiger partial charge in [-0.2, -0.15) is 0 Å². The van der Waals surface area contributed by atoms with Gasteiger partial charge in [0, 0.05) is 23.7 Å². The van der Waals surface area contributed by atoms with Gasteiger partial charge in [-0.25, -0.2) is 0 Å². The highest BCUT2D eigenvalue weighted by molar-refractivity contribution is 7.99. The van der Waals surface area contributed by atoms with Crippen LogP contribution in [0, 0.1) is 5.92 Å². The Bertz CT molecular complexity index is 1250. The minimum atomic E-state index is -0.340. The first-order valence-electron chi connectivity index (χ1n) is 11.0. The van der Waals surface area contributed by atoms with E-state index in [2.05, 4.69) is 20.8 Å². The van der Waals surface area contributed by atoms with E-state index in [9.17, 15) is 14.4 Å². The number of hydrogen-bond acceptors (Lipinski definition) is 6. The van der Waals surface area contributed by atoms with E-state index in [0.717, 1.165) is 0 Å². The summed E-state index contributed by atoms with van der Waals surface area (Å²) >= 11 is 1.24. The molecule has 0 aliphatic carbocycles. The molecule has 3 aromatic rings. The number of nitrogens with one attached hydrogen (secondary N) is 2. The van der Waals surface area contributed by atoms with Crippen molar-refractivity contribution in [3.05, 3.63) is 34.1 Å². The second kappa shape index (κ2) is 9.54. The van der Waals surface area contributed by atoms with Gasteiger partial charge in [-0.1, -0.05) is 25.6 Å². The molecule has 2 N–H and O–H groups in total. The second-order valence-electron chi connectivity index (χ2n) is 9.87. The molecule has 2 heterocycles. The molecule has 33 heavy (non-hydrogen) atoms. The van der Waals surface area contributed by atoms with Gasteiger partial charge in [0.2, 0.25) is 11.7 Å². The number of carbonyl (C=O) groups excluding carboxylic acids is 2. The van der Waals surface area contributed by atoms with Crippen LogP contribution in [0.15, 0.2) is 28.2 Å². The molecule has 0 unspecified atom stereocenters. The maximum Gasteiger partial charge on any atom is 0.262 e. The first-order valence-corrected chi connectivity index (χ1v) is 12.0. The van der Waals surface area contributed by atoms with Gasteiger partial charge in [0.05, 0.1) is 16.7 Å². The van der Waals surface area contributed by atoms with E-state index in [-0.39, 0.29) is 40.6 Å². The summed E-state index contributed by atoms with van der Waals surface area (Å²) in [6.45, 7) is 14.1. The van der Waals surface area contributed by atoms with Crippen LogP contribution in [0.5, 0.6) is 0 Å². The first-order chi connectivity index (χ1) is 15.4. The molecule has 178 valence electrons. The second-order valence-corrected chi connectivity index (χ2v) is 10.8. The first kappa shape index (κ1) is 24.8. The molecule has 9 nitrogen and oxygen atoms in total. The predicted molar refractivity (Wildman–Crippen MR) is 131 cm³/mol. The van der Waals surface area contributed by atoms with Gasteiger partial charge in [-0.15, -0.1) is 10.2 Å². The fourth-order valence-electron chi connectivity index (χ4n) is 3.48. The van der Waals surface area contributed by atoms with Gasteiger partial charge >= 0.3 is 0 Å². The number of thioether (sulfide) groups is 1. The van der Waals surface area contributed by atoms with Gasteiger partial charge in [-0.05, 0) is 58.7 Å². The van der Waals surface area contributed by atoms with Crippen molar-refractivity contribution in [2.75, 3.05) is 5.75 Å². The lowest BCUT2D eigenvalue weighted by molar-refractivity contribution is -0.119. The van der Waals surface area contributed by atoms with Gasteiger partial charge in [-0.3, -0.25) is 23.4 Å². The molecule has 0 spiro atoms. The average Bonchev–Trinajstić information content (AvgIpc) is 3.11. The summed E-state index contributed by atoms with van der Waals surface area (Å²) in [5.41, 5.74) is 0.452. The third-order valence-corrected chi connectivity index (χ3v) is 5.58. The molecule has 0 fully saturated rings. The third-order valence-electron chi connectivity index (χ3n) is 4.65. The molecule has 2 amide bonds. The average molecular weight is 473 g/mol. The van der Waals surface area contributed by atoms with Crippen molar-refractivity contribution in [1.82, 2.24) is 29.8 Å². The minimum Gasteiger partial charge on any atom is -0.351 e. The van der Waals surface area contributed by atoms with Crippen LogP contribution < -0.4 is 16.2 Å². The standard InChI is InChI=1S/C23H32N6O3S/c1-13(2)11-28-20(32)16-9-8-15(19(31)24-14(3)4)10-17(16)29-21(28)26-27-22(29)33-12-18(30)25-23(5,6)7/h8-10,13-14H,11-12H2,1-7H3,(H,24,31)(H,25,30). The van der Waals surface area contributed by atoms with Crippen molar-refractivity contribution >= 4 is 40.3 Å². The molecule has 3 rings (SSSR count). The monoisotopic (exact) mass is 472 g/mol. The number of nitrogens with zero attached hydrogens (tertiary/aromatic N) is 4. The molecule has 10 heteroatoms. The van der Waals surface area contributed by atoms with Gasteiger partial charge in [0.1, 0.15) is 0 Å². The van der Waals surface area contributed by atoms with Crippen molar-refractivity contribution in [3.63, 3.8) is 0 Å². The molecular formula is C23H32N6O3S. The number of fused-ring (bicyclic) bond motifs is 3. The van der Waals surface area contributed by atoms with Gasteiger partial charge in [0.25, 0.3) is 11.5 Å². The minimum absolute atomic E-state index is 0.0189. The Labute approximate surface area is 197 Å². The van der Waals surface area contributed by atoms with E-state index >= 15 is 0 Å². The molecule has 0 saturated heterocycles. The van der Waals surface area contributed by atoms with Crippen molar-refractivity contribution in [2.45, 2.75) is 71.7 Å². The quantitative estimate of drug-likeness (QED) is 0.512. The lowest BCUT2D eigenvalue weighted by Crippen LogP contribution is -2.41. The van der Waals surface area contributed by atoms with Gasteiger partial charge in [0.15, 0.2) is 5.16 Å². The topological polar surface area (TPSA) is 110 Å². The van der Waals surface area contributed by atoms with Crippen LogP contribution in [0.4, 0.5) is 0 Å². The summed E-state index contributed by atoms with van der Waals surface area (Å²) in [5.74, 6) is 0.405. The molecule has 0 aliphatic heterocycles. The fourth-order valence-corrected chi connectivity index (χ4v) is 4.22. The number of rotatable bonds is 7. The Balaban J connectivity index is 2.15. The summed E-state index contributed by atoms with van der Waals surface area (Å²) in [4.78, 5) is 38.3. The van der Waals surface area contributed by atoms with E-state index in [0.29, 0.717) is 33.9 Å². The Hall–Kier alpha value is -2.88. The maximum absolute atomic E-state index is 13.3. The summed E-state index contributed by atoms with van der Waals surface area (Å²) in [6.07, 6.45) is 0. The molecule has 1 aromatic carbocycles. The van der Waals surface area contributed by atoms with E-state index in [1.807, 2.05) is 48.5 Å². The van der Waals surface area contributed by atoms with Crippen molar-refractivity contribution < 1.29 is 9.59 Å². The molecular weight excluding hydrogens is 440 g/mol. The lowest BCUT2D eigenvalue weighted by Gasteiger charge is -2.20. The van der Waals surface area contributed by atoms with Crippen LogP contribution in [0.3, 0.4) is 0 Å². The summed E-state index contributed by atoms with van der Waals surface area (Å²) in [6, 6.07) is 4.99. The lowest BCUT2D eigenvalue weighted by atomic mass is 10.1. The van der Waals surface area contributed by atoms with Crippen LogP contribution in [-0.4, -0.2) is 48.3 Å². The maximum atomic E-state index is 13.3. The number of hydrogen-bond donors (Lipinski definition) is 2. The smallest absolute Gasteiger partial charge is 0.262 e. The van der Waals surface area contributed by atoms with Crippen LogP contribution in [0.2, 0.25) is 0 Å². The Morgan fingerprint density at radius 3 is 2.42 bits per heavy atom. The summed E-state index contributed by atoms with van der Waals surface area (Å²) in [7, 11) is 0. The molecule has 0 saturated carbocycles. The van der Waals surface area contributed by atoms with Crippen LogP contribution >= 0.6 is 11.8 Å². The zero-order valence-corrected chi connectivity index (χ0v) is 21.0. The van der Waals surface area contributed by atoms with Crippen molar-refractivity contribution in [1.29, 1.82) is 0 Å². The molecule has 0 aliphatic rings. The molecule has 0 atom stereocenters. The highest BCUT2D eigenvalue weighted by Gasteiger charge is 2.21. The normalized spacial score (nSPS) is 12.2. The zero-order chi connectivity index (χ0) is 24.5. The SMILES string of the molecule is CC(C)Cn1c(=O)c2ccc(C(=O)NC(C)C)cc2n2c(SCC(=O)NC(C)(C)C)nnc12. The van der Waals surface area contributed by atoms with E-state index in [4.69, 9.17) is 0 Å². The molecule has 2 aromatic heterocycles. The number of amides is 2. The highest BCUT2D eigenvalue weighted by Crippen LogP contribution is 2.23. The largest absolute Gasteiger partial charge is 0.351 e. The van der Waals surface area contributed by atoms with Crippen LogP contribution in [0.25, 0.3) is 16.7 Å². The fraction of sp³-hybridized carbons (Fsp3) is 0.522. The van der Waals surface area contributed by atoms with Gasteiger partial charge < -0.3 is 10.6 Å². The number of benzene rings is 1. The van der Waals surface area contributed by atoms with Crippen LogP contribution in [0.1, 0.15) is 58.8 Å². The summed E-state index contributed by atoms with van der Waals surface area (Å²) in [5, 5.41) is 15.3. The van der Waals surface area contributed by atoms with Crippen molar-refractivity contribution in [3.8, 4) is 0 Å². The molecule has 0 bridgehead atoms.